The Labute approximate surface area is 193 Å². The Morgan fingerprint density at radius 2 is 1.82 bits per heavy atom. The molecule has 0 saturated carbocycles. The van der Waals surface area contributed by atoms with E-state index in [0.717, 1.165) is 74.0 Å². The van der Waals surface area contributed by atoms with Crippen LogP contribution in [0.1, 0.15) is 6.42 Å². The summed E-state index contributed by atoms with van der Waals surface area (Å²) in [4.78, 5) is 13.5. The Morgan fingerprint density at radius 3 is 2.61 bits per heavy atom. The Bertz CT molecular complexity index is 1170. The van der Waals surface area contributed by atoms with Gasteiger partial charge < -0.3 is 19.9 Å². The highest BCUT2D eigenvalue weighted by Gasteiger charge is 2.13. The van der Waals surface area contributed by atoms with Crippen LogP contribution in [0.15, 0.2) is 67.1 Å². The zero-order valence-corrected chi connectivity index (χ0v) is 18.9. The number of piperazine rings is 1. The molecule has 4 aromatic rings. The van der Waals surface area contributed by atoms with Crippen molar-refractivity contribution in [3.63, 3.8) is 0 Å². The van der Waals surface area contributed by atoms with E-state index in [9.17, 15) is 0 Å². The van der Waals surface area contributed by atoms with Gasteiger partial charge >= 0.3 is 0 Å². The van der Waals surface area contributed by atoms with Crippen molar-refractivity contribution in [3.05, 3.63) is 67.1 Å². The summed E-state index contributed by atoms with van der Waals surface area (Å²) in [7, 11) is 2.18. The van der Waals surface area contributed by atoms with Gasteiger partial charge in [0.1, 0.15) is 5.75 Å². The number of likely N-dealkylation sites (N-methyl/N-ethyl adjacent to an activating group) is 1. The Balaban J connectivity index is 1.16. The number of fused-ring (bicyclic) bond motifs is 1. The molecule has 0 aliphatic carbocycles. The Kier molecular flexibility index (Phi) is 6.46. The monoisotopic (exact) mass is 443 g/mol. The molecular formula is C25H29N7O. The van der Waals surface area contributed by atoms with Crippen LogP contribution in [0.5, 0.6) is 5.75 Å². The number of nitrogens with one attached hydrogen (secondary N) is 1. The third-order valence-electron chi connectivity index (χ3n) is 5.95. The maximum atomic E-state index is 5.93. The molecule has 1 saturated heterocycles. The van der Waals surface area contributed by atoms with E-state index in [1.807, 2.05) is 65.4 Å². The van der Waals surface area contributed by atoms with Gasteiger partial charge in [0.15, 0.2) is 0 Å². The number of rotatable bonds is 8. The first-order valence-electron chi connectivity index (χ1n) is 11.4. The minimum Gasteiger partial charge on any atom is -0.494 e. The number of aromatic nitrogens is 4. The second-order valence-electron chi connectivity index (χ2n) is 8.38. The fourth-order valence-electron chi connectivity index (χ4n) is 4.01. The van der Waals surface area contributed by atoms with Crippen LogP contribution in [0.2, 0.25) is 0 Å². The molecule has 1 fully saturated rings. The van der Waals surface area contributed by atoms with Crippen molar-refractivity contribution in [1.82, 2.24) is 29.4 Å². The largest absolute Gasteiger partial charge is 0.494 e. The minimum absolute atomic E-state index is 0.532. The predicted molar refractivity (Wildman–Crippen MR) is 130 cm³/mol. The Morgan fingerprint density at radius 1 is 0.970 bits per heavy atom. The fourth-order valence-corrected chi connectivity index (χ4v) is 4.01. The third kappa shape index (κ3) is 5.30. The zero-order valence-electron chi connectivity index (χ0n) is 18.9. The van der Waals surface area contributed by atoms with Crippen molar-refractivity contribution in [3.8, 4) is 17.0 Å². The molecule has 8 heteroatoms. The number of pyridine rings is 1. The molecule has 4 heterocycles. The number of hydrogen-bond acceptors (Lipinski definition) is 7. The first kappa shape index (κ1) is 21.4. The first-order chi connectivity index (χ1) is 16.2. The second-order valence-corrected chi connectivity index (χ2v) is 8.38. The summed E-state index contributed by atoms with van der Waals surface area (Å²) in [6, 6.07) is 15.9. The van der Waals surface area contributed by atoms with Crippen LogP contribution < -0.4 is 10.1 Å². The van der Waals surface area contributed by atoms with Gasteiger partial charge in [0.25, 0.3) is 0 Å². The molecule has 0 unspecified atom stereocenters. The molecule has 0 radical (unpaired) electrons. The SMILES string of the molecule is CN1CCN(CCCOc2ccc(Nc3ncc4ccc(-c5cccnc5)n4n3)cc2)CC1. The van der Waals surface area contributed by atoms with Gasteiger partial charge in [-0.1, -0.05) is 0 Å². The average Bonchev–Trinajstić information content (AvgIpc) is 3.28. The van der Waals surface area contributed by atoms with Crippen molar-refractivity contribution >= 4 is 17.2 Å². The summed E-state index contributed by atoms with van der Waals surface area (Å²) >= 11 is 0. The van der Waals surface area contributed by atoms with Crippen molar-refractivity contribution in [2.24, 2.45) is 0 Å². The van der Waals surface area contributed by atoms with Crippen molar-refractivity contribution < 1.29 is 4.74 Å². The molecule has 0 amide bonds. The van der Waals surface area contributed by atoms with Crippen LogP contribution in [0.25, 0.3) is 16.8 Å². The summed E-state index contributed by atoms with van der Waals surface area (Å²) in [6.07, 6.45) is 6.45. The second kappa shape index (κ2) is 9.97. The molecule has 0 spiro atoms. The van der Waals surface area contributed by atoms with E-state index in [1.165, 1.54) is 0 Å². The van der Waals surface area contributed by atoms with Gasteiger partial charge in [-0.25, -0.2) is 9.50 Å². The highest BCUT2D eigenvalue weighted by atomic mass is 16.5. The van der Waals surface area contributed by atoms with Gasteiger partial charge in [-0.15, -0.1) is 5.10 Å². The van der Waals surface area contributed by atoms with E-state index in [-0.39, 0.29) is 0 Å². The molecule has 1 aromatic carbocycles. The van der Waals surface area contributed by atoms with Crippen LogP contribution in [0, 0.1) is 0 Å². The van der Waals surface area contributed by atoms with Gasteiger partial charge in [-0.05, 0) is 62.0 Å². The van der Waals surface area contributed by atoms with E-state index in [0.29, 0.717) is 5.95 Å². The average molecular weight is 444 g/mol. The lowest BCUT2D eigenvalue weighted by molar-refractivity contribution is 0.145. The van der Waals surface area contributed by atoms with E-state index >= 15 is 0 Å². The van der Waals surface area contributed by atoms with Crippen LogP contribution in [0.3, 0.4) is 0 Å². The molecule has 3 aromatic heterocycles. The Hall–Kier alpha value is -3.49. The fraction of sp³-hybridized carbons (Fsp3) is 0.320. The van der Waals surface area contributed by atoms with E-state index in [2.05, 4.69) is 37.2 Å². The van der Waals surface area contributed by atoms with E-state index in [1.54, 1.807) is 6.20 Å². The molecule has 33 heavy (non-hydrogen) atoms. The lowest BCUT2D eigenvalue weighted by Gasteiger charge is -2.32. The maximum absolute atomic E-state index is 5.93. The number of hydrogen-bond donors (Lipinski definition) is 1. The lowest BCUT2D eigenvalue weighted by atomic mass is 10.2. The quantitative estimate of drug-likeness (QED) is 0.418. The van der Waals surface area contributed by atoms with Gasteiger partial charge in [0.05, 0.1) is 24.0 Å². The molecule has 1 aliphatic heterocycles. The smallest absolute Gasteiger partial charge is 0.245 e. The summed E-state index contributed by atoms with van der Waals surface area (Å²) in [5, 5.41) is 7.95. The standard InChI is InChI=1S/C25H29N7O/c1-30-13-15-31(16-14-30)12-3-17-33-23-8-5-21(6-9-23)28-25-27-19-22-7-10-24(32(22)29-25)20-4-2-11-26-18-20/h2,4-11,18-19H,3,12-17H2,1H3,(H,28,29). The van der Waals surface area contributed by atoms with Gasteiger partial charge in [0, 0.05) is 56.4 Å². The molecule has 1 N–H and O–H groups in total. The van der Waals surface area contributed by atoms with Gasteiger partial charge in [-0.2, -0.15) is 0 Å². The van der Waals surface area contributed by atoms with Crippen molar-refractivity contribution in [1.29, 1.82) is 0 Å². The number of anilines is 2. The van der Waals surface area contributed by atoms with Crippen molar-refractivity contribution in [2.45, 2.75) is 6.42 Å². The third-order valence-corrected chi connectivity index (χ3v) is 5.95. The molecule has 8 nitrogen and oxygen atoms in total. The van der Waals surface area contributed by atoms with Crippen LogP contribution in [-0.2, 0) is 0 Å². The number of nitrogens with zero attached hydrogens (tertiary/aromatic N) is 6. The molecule has 0 bridgehead atoms. The van der Waals surface area contributed by atoms with E-state index < -0.39 is 0 Å². The normalized spacial score (nSPS) is 15.1. The number of ether oxygens (including phenoxy) is 1. The van der Waals surface area contributed by atoms with Gasteiger partial charge in [0.2, 0.25) is 5.95 Å². The first-order valence-corrected chi connectivity index (χ1v) is 11.4. The topological polar surface area (TPSA) is 70.8 Å². The van der Waals surface area contributed by atoms with Crippen molar-refractivity contribution in [2.75, 3.05) is 51.7 Å². The zero-order chi connectivity index (χ0) is 22.5. The van der Waals surface area contributed by atoms with Gasteiger partial charge in [-0.3, -0.25) is 4.98 Å². The molecule has 0 atom stereocenters. The molecular weight excluding hydrogens is 414 g/mol. The molecule has 5 rings (SSSR count). The summed E-state index contributed by atoms with van der Waals surface area (Å²) in [5.41, 5.74) is 3.83. The molecule has 1 aliphatic rings. The highest BCUT2D eigenvalue weighted by Crippen LogP contribution is 2.22. The number of benzene rings is 1. The van der Waals surface area contributed by atoms with Crippen LogP contribution in [0.4, 0.5) is 11.6 Å². The maximum Gasteiger partial charge on any atom is 0.245 e. The molecule has 170 valence electrons. The lowest BCUT2D eigenvalue weighted by Crippen LogP contribution is -2.44. The summed E-state index contributed by atoms with van der Waals surface area (Å²) < 4.78 is 7.81. The highest BCUT2D eigenvalue weighted by molar-refractivity contribution is 5.66. The predicted octanol–water partition coefficient (Wildman–Crippen LogP) is 3.55. The summed E-state index contributed by atoms with van der Waals surface area (Å²) in [5.74, 6) is 1.41. The van der Waals surface area contributed by atoms with E-state index in [4.69, 9.17) is 4.74 Å². The summed E-state index contributed by atoms with van der Waals surface area (Å²) in [6.45, 7) is 6.43. The van der Waals surface area contributed by atoms with Crippen LogP contribution in [-0.4, -0.2) is 75.8 Å². The minimum atomic E-state index is 0.532. The van der Waals surface area contributed by atoms with Crippen LogP contribution >= 0.6 is 0 Å².